The Kier molecular flexibility index (Phi) is 14.0. The fourth-order valence-corrected chi connectivity index (χ4v) is 8.34. The van der Waals surface area contributed by atoms with E-state index in [0.29, 0.717) is 38.2 Å². The van der Waals surface area contributed by atoms with Crippen molar-refractivity contribution < 1.29 is 22.7 Å². The number of carbonyl (C=O) groups is 2. The largest absolute Gasteiger partial charge is 0.452 e. The first kappa shape index (κ1) is 39.0. The number of benzene rings is 3. The highest BCUT2D eigenvalue weighted by Crippen LogP contribution is 2.30. The minimum atomic E-state index is -3.87. The Morgan fingerprint density at radius 3 is 2.00 bits per heavy atom. The van der Waals surface area contributed by atoms with E-state index < -0.39 is 46.1 Å². The number of nitrogens with one attached hydrogen (secondary N) is 2. The molecule has 11 nitrogen and oxygen atoms in total. The van der Waals surface area contributed by atoms with E-state index in [2.05, 4.69) is 24.5 Å². The number of amides is 2. The SMILES string of the molecule is COC(=O)N(C(=O)[C@@H](N)C(c1ccccc1)c1ccccc1)[C@H](CN[C@@H]1CNC[C@H]1N(CCC(C)C)S(=O)(=O)c1ccc(N)cc1)CC(C)C. The molecular weight excluding hydrogens is 653 g/mol. The van der Waals surface area contributed by atoms with Gasteiger partial charge in [-0.1, -0.05) is 88.4 Å². The molecule has 3 aromatic rings. The standard InChI is InChI=1S/C38H54N6O5S/c1-26(2)20-21-43(50(47,48)32-18-16-30(39)17-19-32)34-25-41-24-33(34)42-23-31(22-27(3)4)44(38(46)49-5)37(45)36(40)35(28-12-8-6-9-13-28)29-14-10-7-11-15-29/h6-19,26-27,31,33-36,41-42H,20-25,39-40H2,1-5H3/t31-,33+,34+,36-/m0/s1. The van der Waals surface area contributed by atoms with E-state index in [1.807, 2.05) is 74.5 Å². The molecule has 1 heterocycles. The third kappa shape index (κ3) is 9.70. The quantitative estimate of drug-likeness (QED) is 0.158. The van der Waals surface area contributed by atoms with Crippen molar-refractivity contribution in [1.29, 1.82) is 0 Å². The molecule has 0 saturated carbocycles. The highest BCUT2D eigenvalue weighted by Gasteiger charge is 2.42. The second kappa shape index (κ2) is 17.9. The van der Waals surface area contributed by atoms with Crippen LogP contribution in [0, 0.1) is 11.8 Å². The van der Waals surface area contributed by atoms with E-state index in [0.717, 1.165) is 16.0 Å². The minimum Gasteiger partial charge on any atom is -0.452 e. The summed E-state index contributed by atoms with van der Waals surface area (Å²) in [7, 11) is -2.61. The molecule has 6 N–H and O–H groups in total. The van der Waals surface area contributed by atoms with Gasteiger partial charge in [-0.05, 0) is 60.1 Å². The Balaban J connectivity index is 1.63. The highest BCUT2D eigenvalue weighted by molar-refractivity contribution is 7.89. The van der Waals surface area contributed by atoms with E-state index in [-0.39, 0.29) is 29.3 Å². The first-order chi connectivity index (χ1) is 23.8. The van der Waals surface area contributed by atoms with Crippen molar-refractivity contribution in [2.75, 3.05) is 39.0 Å². The number of anilines is 1. The molecule has 0 aromatic heterocycles. The van der Waals surface area contributed by atoms with Gasteiger partial charge in [0.15, 0.2) is 0 Å². The van der Waals surface area contributed by atoms with Crippen molar-refractivity contribution in [2.45, 2.75) is 75.5 Å². The van der Waals surface area contributed by atoms with Crippen LogP contribution in [0.3, 0.4) is 0 Å². The van der Waals surface area contributed by atoms with Gasteiger partial charge in [0.25, 0.3) is 0 Å². The summed E-state index contributed by atoms with van der Waals surface area (Å²) < 4.78 is 34.9. The van der Waals surface area contributed by atoms with Crippen molar-refractivity contribution in [3.8, 4) is 0 Å². The van der Waals surface area contributed by atoms with Crippen molar-refractivity contribution in [1.82, 2.24) is 19.8 Å². The van der Waals surface area contributed by atoms with Gasteiger partial charge in [0, 0.05) is 43.8 Å². The lowest BCUT2D eigenvalue weighted by atomic mass is 9.84. The zero-order valence-electron chi connectivity index (χ0n) is 29.9. The third-order valence-electron chi connectivity index (χ3n) is 9.26. The van der Waals surface area contributed by atoms with Crippen LogP contribution < -0.4 is 22.1 Å². The lowest BCUT2D eigenvalue weighted by Crippen LogP contribution is -2.58. The van der Waals surface area contributed by atoms with Crippen molar-refractivity contribution >= 4 is 27.7 Å². The summed E-state index contributed by atoms with van der Waals surface area (Å²) in [6.45, 7) is 9.69. The minimum absolute atomic E-state index is 0.114. The van der Waals surface area contributed by atoms with Gasteiger partial charge in [-0.15, -0.1) is 0 Å². The van der Waals surface area contributed by atoms with Crippen molar-refractivity contribution in [3.63, 3.8) is 0 Å². The molecule has 1 aliphatic rings. The Bertz CT molecular complexity index is 1580. The Hall–Kier alpha value is -3.81. The Morgan fingerprint density at radius 1 is 0.900 bits per heavy atom. The molecule has 12 heteroatoms. The lowest BCUT2D eigenvalue weighted by molar-refractivity contribution is -0.133. The van der Waals surface area contributed by atoms with Crippen LogP contribution in [0.15, 0.2) is 89.8 Å². The smallest absolute Gasteiger partial charge is 0.416 e. The van der Waals surface area contributed by atoms with Crippen molar-refractivity contribution in [2.24, 2.45) is 17.6 Å². The predicted molar refractivity (Wildman–Crippen MR) is 198 cm³/mol. The molecule has 272 valence electrons. The molecule has 0 bridgehead atoms. The number of nitrogens with zero attached hydrogens (tertiary/aromatic N) is 2. The molecule has 0 radical (unpaired) electrons. The molecule has 1 fully saturated rings. The average Bonchev–Trinajstić information content (AvgIpc) is 3.55. The summed E-state index contributed by atoms with van der Waals surface area (Å²) >= 11 is 0. The molecule has 3 aromatic carbocycles. The first-order valence-electron chi connectivity index (χ1n) is 17.4. The summed E-state index contributed by atoms with van der Waals surface area (Å²) in [6.07, 6.45) is 0.372. The normalized spacial score (nSPS) is 17.7. The molecule has 1 aliphatic heterocycles. The average molecular weight is 707 g/mol. The Morgan fingerprint density at radius 2 is 1.48 bits per heavy atom. The van der Waals surface area contributed by atoms with Gasteiger partial charge >= 0.3 is 6.09 Å². The van der Waals surface area contributed by atoms with Crippen LogP contribution in [0.1, 0.15) is 57.6 Å². The van der Waals surface area contributed by atoms with Crippen LogP contribution in [-0.2, 0) is 19.6 Å². The van der Waals surface area contributed by atoms with Crippen molar-refractivity contribution in [3.05, 3.63) is 96.1 Å². The maximum Gasteiger partial charge on any atom is 0.416 e. The lowest BCUT2D eigenvalue weighted by Gasteiger charge is -2.36. The molecule has 0 aliphatic carbocycles. The van der Waals surface area contributed by atoms with E-state index in [1.54, 1.807) is 16.4 Å². The van der Waals surface area contributed by atoms with E-state index in [4.69, 9.17) is 16.2 Å². The zero-order valence-corrected chi connectivity index (χ0v) is 30.7. The van der Waals surface area contributed by atoms with E-state index >= 15 is 0 Å². The Labute approximate surface area is 297 Å². The summed E-state index contributed by atoms with van der Waals surface area (Å²) in [5, 5.41) is 6.92. The third-order valence-corrected chi connectivity index (χ3v) is 11.2. The maximum atomic E-state index is 14.4. The molecular formula is C38H54N6O5S. The summed E-state index contributed by atoms with van der Waals surface area (Å²) in [6, 6.07) is 23.0. The van der Waals surface area contributed by atoms with Gasteiger partial charge in [0.2, 0.25) is 15.9 Å². The predicted octanol–water partition coefficient (Wildman–Crippen LogP) is 4.40. The molecule has 2 amide bonds. The molecule has 1 saturated heterocycles. The molecule has 4 atom stereocenters. The van der Waals surface area contributed by atoms with Gasteiger partial charge in [0.05, 0.1) is 30.1 Å². The van der Waals surface area contributed by atoms with Gasteiger partial charge in [0.1, 0.15) is 0 Å². The summed E-state index contributed by atoms with van der Waals surface area (Å²) in [5.74, 6) is -0.661. The number of sulfonamides is 1. The number of ether oxygens (including phenoxy) is 1. The monoisotopic (exact) mass is 706 g/mol. The topological polar surface area (TPSA) is 160 Å². The molecule has 0 spiro atoms. The van der Waals surface area contributed by atoms with Crippen LogP contribution in [0.2, 0.25) is 0 Å². The van der Waals surface area contributed by atoms with Crippen LogP contribution in [0.5, 0.6) is 0 Å². The van der Waals surface area contributed by atoms with Crippen LogP contribution in [0.4, 0.5) is 10.5 Å². The number of nitrogens with two attached hydrogens (primary N) is 2. The number of nitrogen functional groups attached to an aromatic ring is 1. The number of rotatable bonds is 16. The van der Waals surface area contributed by atoms with Gasteiger partial charge in [-0.3, -0.25) is 4.79 Å². The summed E-state index contributed by atoms with van der Waals surface area (Å²) in [5.41, 5.74) is 14.9. The first-order valence-corrected chi connectivity index (χ1v) is 18.9. The fourth-order valence-electron chi connectivity index (χ4n) is 6.66. The van der Waals surface area contributed by atoms with Crippen LogP contribution in [-0.4, -0.2) is 87.1 Å². The van der Waals surface area contributed by atoms with Crippen LogP contribution in [0.25, 0.3) is 0 Å². The number of methoxy groups -OCH3 is 1. The molecule has 4 rings (SSSR count). The zero-order chi connectivity index (χ0) is 36.4. The van der Waals surface area contributed by atoms with Gasteiger partial charge in [-0.2, -0.15) is 4.31 Å². The van der Waals surface area contributed by atoms with E-state index in [1.165, 1.54) is 19.2 Å². The number of imide groups is 1. The second-order valence-electron chi connectivity index (χ2n) is 13.9. The molecule has 50 heavy (non-hydrogen) atoms. The number of carbonyl (C=O) groups excluding carboxylic acids is 2. The highest BCUT2D eigenvalue weighted by atomic mass is 32.2. The number of hydrogen-bond donors (Lipinski definition) is 4. The summed E-state index contributed by atoms with van der Waals surface area (Å²) in [4.78, 5) is 29.3. The number of hydrogen-bond acceptors (Lipinski definition) is 9. The fraction of sp³-hybridized carbons (Fsp3) is 0.474. The molecule has 0 unspecified atom stereocenters. The second-order valence-corrected chi connectivity index (χ2v) is 15.8. The van der Waals surface area contributed by atoms with E-state index in [9.17, 15) is 18.0 Å². The maximum absolute atomic E-state index is 14.4. The van der Waals surface area contributed by atoms with Gasteiger partial charge < -0.3 is 26.8 Å². The van der Waals surface area contributed by atoms with Crippen LogP contribution >= 0.6 is 0 Å². The van der Waals surface area contributed by atoms with Gasteiger partial charge in [-0.25, -0.2) is 18.1 Å².